The van der Waals surface area contributed by atoms with Gasteiger partial charge in [0.25, 0.3) is 0 Å². The average molecular weight is 281 g/mol. The standard InChI is InChI=1S/C15H27N3O2/c1-5-12(6-2)13-9-14(18-11-17-13)16-10-15(19-7-3)20-8-4/h9,11-12,15H,5-8,10H2,1-4H3,(H,16,17,18). The van der Waals surface area contributed by atoms with Gasteiger partial charge in [-0.2, -0.15) is 0 Å². The van der Waals surface area contributed by atoms with Crippen LogP contribution in [0.5, 0.6) is 0 Å². The van der Waals surface area contributed by atoms with E-state index in [2.05, 4.69) is 29.1 Å². The Kier molecular flexibility index (Phi) is 8.14. The van der Waals surface area contributed by atoms with Crippen molar-refractivity contribution in [3.8, 4) is 0 Å². The minimum absolute atomic E-state index is 0.239. The van der Waals surface area contributed by atoms with E-state index in [0.717, 1.165) is 24.4 Å². The van der Waals surface area contributed by atoms with E-state index in [1.54, 1.807) is 6.33 Å². The van der Waals surface area contributed by atoms with Crippen molar-refractivity contribution in [3.05, 3.63) is 18.1 Å². The van der Waals surface area contributed by atoms with Crippen molar-refractivity contribution in [3.63, 3.8) is 0 Å². The number of ether oxygens (including phenoxy) is 2. The Morgan fingerprint density at radius 3 is 2.25 bits per heavy atom. The smallest absolute Gasteiger partial charge is 0.174 e. The maximum absolute atomic E-state index is 5.50. The van der Waals surface area contributed by atoms with Gasteiger partial charge in [-0.15, -0.1) is 0 Å². The van der Waals surface area contributed by atoms with Crippen LogP contribution in [-0.2, 0) is 9.47 Å². The van der Waals surface area contributed by atoms with Crippen LogP contribution >= 0.6 is 0 Å². The van der Waals surface area contributed by atoms with E-state index in [4.69, 9.17) is 9.47 Å². The first-order valence-corrected chi connectivity index (χ1v) is 7.54. The lowest BCUT2D eigenvalue weighted by atomic mass is 9.99. The highest BCUT2D eigenvalue weighted by atomic mass is 16.7. The molecule has 0 spiro atoms. The Hall–Kier alpha value is -1.20. The minimum atomic E-state index is -0.239. The van der Waals surface area contributed by atoms with Crippen molar-refractivity contribution in [1.82, 2.24) is 9.97 Å². The molecule has 1 aromatic heterocycles. The summed E-state index contributed by atoms with van der Waals surface area (Å²) in [5.74, 6) is 1.32. The van der Waals surface area contributed by atoms with Crippen LogP contribution in [0.4, 0.5) is 5.82 Å². The number of nitrogens with zero attached hydrogens (tertiary/aromatic N) is 2. The largest absolute Gasteiger partial charge is 0.365 e. The quantitative estimate of drug-likeness (QED) is 0.667. The molecule has 0 aromatic carbocycles. The van der Waals surface area contributed by atoms with E-state index < -0.39 is 0 Å². The second-order valence-electron chi connectivity index (χ2n) is 4.56. The van der Waals surface area contributed by atoms with Gasteiger partial charge in [0.15, 0.2) is 6.29 Å². The predicted octanol–water partition coefficient (Wildman–Crippen LogP) is 3.19. The molecular formula is C15H27N3O2. The van der Waals surface area contributed by atoms with Gasteiger partial charge in [0.1, 0.15) is 12.1 Å². The van der Waals surface area contributed by atoms with E-state index in [-0.39, 0.29) is 6.29 Å². The zero-order valence-electron chi connectivity index (χ0n) is 13.1. The van der Waals surface area contributed by atoms with Crippen LogP contribution in [0.3, 0.4) is 0 Å². The van der Waals surface area contributed by atoms with E-state index in [9.17, 15) is 0 Å². The van der Waals surface area contributed by atoms with E-state index in [1.165, 1.54) is 0 Å². The summed E-state index contributed by atoms with van der Waals surface area (Å²) in [6, 6.07) is 2.02. The SMILES string of the molecule is CCOC(CNc1cc(C(CC)CC)ncn1)OCC. The zero-order chi connectivity index (χ0) is 14.8. The summed E-state index contributed by atoms with van der Waals surface area (Å²) in [4.78, 5) is 8.62. The predicted molar refractivity (Wildman–Crippen MR) is 80.9 cm³/mol. The van der Waals surface area contributed by atoms with Crippen molar-refractivity contribution in [2.45, 2.75) is 52.7 Å². The molecule has 0 radical (unpaired) electrons. The zero-order valence-corrected chi connectivity index (χ0v) is 13.1. The number of rotatable bonds is 10. The molecule has 5 nitrogen and oxygen atoms in total. The van der Waals surface area contributed by atoms with Crippen LogP contribution in [0.2, 0.25) is 0 Å². The summed E-state index contributed by atoms with van der Waals surface area (Å²) in [6.07, 6.45) is 3.56. The first-order chi connectivity index (χ1) is 9.74. The second kappa shape index (κ2) is 9.66. The number of hydrogen-bond donors (Lipinski definition) is 1. The number of aromatic nitrogens is 2. The second-order valence-corrected chi connectivity index (χ2v) is 4.56. The fraction of sp³-hybridized carbons (Fsp3) is 0.733. The summed E-state index contributed by atoms with van der Waals surface area (Å²) < 4.78 is 11.0. The van der Waals surface area contributed by atoms with Gasteiger partial charge >= 0.3 is 0 Å². The molecule has 20 heavy (non-hydrogen) atoms. The van der Waals surface area contributed by atoms with Crippen molar-refractivity contribution in [2.75, 3.05) is 25.1 Å². The van der Waals surface area contributed by atoms with Crippen LogP contribution in [0.25, 0.3) is 0 Å². The molecule has 5 heteroatoms. The van der Waals surface area contributed by atoms with Crippen LogP contribution in [0.15, 0.2) is 12.4 Å². The molecule has 0 amide bonds. The Labute approximate surface area is 122 Å². The molecule has 0 aliphatic carbocycles. The number of anilines is 1. The Bertz CT molecular complexity index is 364. The van der Waals surface area contributed by atoms with Crippen LogP contribution < -0.4 is 5.32 Å². The lowest BCUT2D eigenvalue weighted by Gasteiger charge is -2.18. The van der Waals surface area contributed by atoms with E-state index in [1.807, 2.05) is 19.9 Å². The van der Waals surface area contributed by atoms with Gasteiger partial charge in [-0.25, -0.2) is 9.97 Å². The van der Waals surface area contributed by atoms with E-state index >= 15 is 0 Å². The highest BCUT2D eigenvalue weighted by molar-refractivity contribution is 5.35. The third-order valence-corrected chi connectivity index (χ3v) is 3.25. The van der Waals surface area contributed by atoms with Gasteiger partial charge < -0.3 is 14.8 Å². The third kappa shape index (κ3) is 5.43. The van der Waals surface area contributed by atoms with Gasteiger partial charge in [0, 0.05) is 30.9 Å². The summed E-state index contributed by atoms with van der Waals surface area (Å²) in [7, 11) is 0. The molecule has 0 aliphatic rings. The van der Waals surface area contributed by atoms with Crippen LogP contribution in [0, 0.1) is 0 Å². The number of nitrogens with one attached hydrogen (secondary N) is 1. The fourth-order valence-electron chi connectivity index (χ4n) is 2.12. The highest BCUT2D eigenvalue weighted by Gasteiger charge is 2.11. The van der Waals surface area contributed by atoms with Gasteiger partial charge in [0.05, 0.1) is 6.54 Å². The average Bonchev–Trinajstić information content (AvgIpc) is 2.47. The van der Waals surface area contributed by atoms with Crippen LogP contribution in [-0.4, -0.2) is 36.0 Å². The maximum Gasteiger partial charge on any atom is 0.174 e. The molecule has 114 valence electrons. The highest BCUT2D eigenvalue weighted by Crippen LogP contribution is 2.21. The van der Waals surface area contributed by atoms with Crippen molar-refractivity contribution >= 4 is 5.82 Å². The fourth-order valence-corrected chi connectivity index (χ4v) is 2.12. The topological polar surface area (TPSA) is 56.3 Å². The lowest BCUT2D eigenvalue weighted by molar-refractivity contribution is -0.126. The minimum Gasteiger partial charge on any atom is -0.365 e. The molecule has 0 aliphatic heterocycles. The molecule has 1 rings (SSSR count). The molecular weight excluding hydrogens is 254 g/mol. The Balaban J connectivity index is 2.60. The van der Waals surface area contributed by atoms with Crippen molar-refractivity contribution < 1.29 is 9.47 Å². The van der Waals surface area contributed by atoms with Gasteiger partial charge in [0.2, 0.25) is 0 Å². The summed E-state index contributed by atoms with van der Waals surface area (Å²) in [5, 5.41) is 3.26. The Morgan fingerprint density at radius 1 is 1.05 bits per heavy atom. The monoisotopic (exact) mass is 281 g/mol. The molecule has 0 atom stereocenters. The van der Waals surface area contributed by atoms with Gasteiger partial charge in [-0.1, -0.05) is 13.8 Å². The first kappa shape index (κ1) is 16.9. The molecule has 0 fully saturated rings. The summed E-state index contributed by atoms with van der Waals surface area (Å²) >= 11 is 0. The van der Waals surface area contributed by atoms with E-state index in [0.29, 0.717) is 25.7 Å². The summed E-state index contributed by atoms with van der Waals surface area (Å²) in [6.45, 7) is 10.1. The molecule has 0 saturated heterocycles. The molecule has 0 saturated carbocycles. The molecule has 0 bridgehead atoms. The van der Waals surface area contributed by atoms with Gasteiger partial charge in [-0.3, -0.25) is 0 Å². The number of hydrogen-bond acceptors (Lipinski definition) is 5. The lowest BCUT2D eigenvalue weighted by Crippen LogP contribution is -2.26. The Morgan fingerprint density at radius 2 is 1.70 bits per heavy atom. The van der Waals surface area contributed by atoms with Crippen molar-refractivity contribution in [2.24, 2.45) is 0 Å². The molecule has 1 aromatic rings. The third-order valence-electron chi connectivity index (χ3n) is 3.25. The molecule has 0 unspecified atom stereocenters. The molecule has 1 N–H and O–H groups in total. The first-order valence-electron chi connectivity index (χ1n) is 7.54. The van der Waals surface area contributed by atoms with Gasteiger partial charge in [-0.05, 0) is 26.7 Å². The van der Waals surface area contributed by atoms with Crippen molar-refractivity contribution in [1.29, 1.82) is 0 Å². The van der Waals surface area contributed by atoms with Crippen LogP contribution in [0.1, 0.15) is 52.1 Å². The maximum atomic E-state index is 5.50. The summed E-state index contributed by atoms with van der Waals surface area (Å²) in [5.41, 5.74) is 1.09. The normalized spacial score (nSPS) is 11.3. The molecule has 1 heterocycles.